The number of aliphatic hydroxyl groups excluding tert-OH is 1. The van der Waals surface area contributed by atoms with E-state index in [2.05, 4.69) is 0 Å². The monoisotopic (exact) mass is 328 g/mol. The van der Waals surface area contributed by atoms with E-state index in [-0.39, 0.29) is 25.9 Å². The summed E-state index contributed by atoms with van der Waals surface area (Å²) in [5, 5.41) is 44.0. The molecule has 0 unspecified atom stereocenters. The number of esters is 2. The topological polar surface area (TPSA) is 134 Å². The van der Waals surface area contributed by atoms with Gasteiger partial charge in [0.15, 0.2) is 11.5 Å². The number of cyclic esters (lactones) is 1. The molecule has 8 heteroatoms. The molecule has 0 amide bonds. The molecule has 2 heterocycles. The number of carbonyl (C=O) groups excluding carboxylic acids is 2. The lowest BCUT2D eigenvalue weighted by Gasteiger charge is -2.69. The van der Waals surface area contributed by atoms with E-state index in [4.69, 9.17) is 9.47 Å². The molecule has 4 rings (SSSR count). The van der Waals surface area contributed by atoms with E-state index in [1.165, 1.54) is 13.8 Å². The fourth-order valence-electron chi connectivity index (χ4n) is 5.59. The predicted molar refractivity (Wildman–Crippen MR) is 71.8 cm³/mol. The Kier molecular flexibility index (Phi) is 2.47. The van der Waals surface area contributed by atoms with Gasteiger partial charge in [0.05, 0.1) is 16.6 Å². The Bertz CT molecular complexity index is 627. The maximum Gasteiger partial charge on any atom is 0.336 e. The number of carbonyl (C=O) groups is 2. The van der Waals surface area contributed by atoms with Crippen LogP contribution in [0.1, 0.15) is 33.1 Å². The van der Waals surface area contributed by atoms with E-state index in [9.17, 15) is 30.0 Å². The minimum absolute atomic E-state index is 0.0394. The van der Waals surface area contributed by atoms with E-state index in [1.807, 2.05) is 0 Å². The maximum absolute atomic E-state index is 12.4. The van der Waals surface area contributed by atoms with Gasteiger partial charge >= 0.3 is 11.9 Å². The van der Waals surface area contributed by atoms with Crippen LogP contribution in [-0.4, -0.2) is 68.0 Å². The number of hydrogen-bond acceptors (Lipinski definition) is 8. The third kappa shape index (κ3) is 1.18. The van der Waals surface area contributed by atoms with Gasteiger partial charge in [-0.2, -0.15) is 0 Å². The summed E-state index contributed by atoms with van der Waals surface area (Å²) in [4.78, 5) is 24.5. The summed E-state index contributed by atoms with van der Waals surface area (Å²) in [6, 6.07) is 0. The first kappa shape index (κ1) is 15.3. The molecule has 2 spiro atoms. The van der Waals surface area contributed by atoms with Crippen molar-refractivity contribution in [3.8, 4) is 0 Å². The molecule has 0 aromatic heterocycles. The summed E-state index contributed by atoms with van der Waals surface area (Å²) < 4.78 is 10.00. The van der Waals surface area contributed by atoms with Gasteiger partial charge in [-0.3, -0.25) is 4.79 Å². The largest absolute Gasteiger partial charge is 0.464 e. The highest BCUT2D eigenvalue weighted by atomic mass is 16.6. The molecule has 0 aromatic carbocycles. The SMILES string of the molecule is C[C@]1(O)CC[C@]2(O)[C@]3(COC3=O)[C@@](C)(O)[C@H]3C[C@]21[C@@H](O)C(=O)O3. The number of ether oxygens (including phenoxy) is 2. The molecule has 0 radical (unpaired) electrons. The molecule has 4 N–H and O–H groups in total. The van der Waals surface area contributed by atoms with Crippen LogP contribution in [0.4, 0.5) is 0 Å². The van der Waals surface area contributed by atoms with Crippen LogP contribution in [0.3, 0.4) is 0 Å². The average molecular weight is 328 g/mol. The van der Waals surface area contributed by atoms with Gasteiger partial charge in [-0.1, -0.05) is 0 Å². The first-order valence-electron chi connectivity index (χ1n) is 7.71. The third-order valence-electron chi connectivity index (χ3n) is 7.09. The summed E-state index contributed by atoms with van der Waals surface area (Å²) >= 11 is 0. The van der Waals surface area contributed by atoms with Crippen LogP contribution in [0, 0.1) is 10.8 Å². The molecule has 128 valence electrons. The molecule has 0 aromatic rings. The summed E-state index contributed by atoms with van der Waals surface area (Å²) in [5.41, 5.74) is -8.88. The second-order valence-electron chi connectivity index (χ2n) is 7.77. The zero-order chi connectivity index (χ0) is 17.1. The van der Waals surface area contributed by atoms with Crippen LogP contribution in [0.15, 0.2) is 0 Å². The van der Waals surface area contributed by atoms with Gasteiger partial charge in [-0.15, -0.1) is 0 Å². The van der Waals surface area contributed by atoms with E-state index in [0.29, 0.717) is 0 Å². The van der Waals surface area contributed by atoms with E-state index >= 15 is 0 Å². The van der Waals surface area contributed by atoms with Gasteiger partial charge in [0, 0.05) is 6.42 Å². The van der Waals surface area contributed by atoms with E-state index in [0.717, 1.165) is 0 Å². The van der Waals surface area contributed by atoms with E-state index in [1.54, 1.807) is 0 Å². The Labute approximate surface area is 132 Å². The minimum atomic E-state index is -1.97. The lowest BCUT2D eigenvalue weighted by Crippen LogP contribution is -2.87. The molecule has 2 aliphatic heterocycles. The molecule has 4 fully saturated rings. The van der Waals surface area contributed by atoms with Crippen LogP contribution in [-0.2, 0) is 19.1 Å². The van der Waals surface area contributed by atoms with Crippen molar-refractivity contribution in [3.63, 3.8) is 0 Å². The Balaban J connectivity index is 2.04. The lowest BCUT2D eigenvalue weighted by molar-refractivity contribution is -0.370. The second kappa shape index (κ2) is 3.72. The Morgan fingerprint density at radius 3 is 2.30 bits per heavy atom. The summed E-state index contributed by atoms with van der Waals surface area (Å²) in [5.74, 6) is -1.81. The molecule has 2 aliphatic carbocycles. The van der Waals surface area contributed by atoms with Crippen molar-refractivity contribution in [1.29, 1.82) is 0 Å². The van der Waals surface area contributed by atoms with Crippen molar-refractivity contribution in [2.45, 2.75) is 62.1 Å². The standard InChI is InChI=1S/C15H20O8/c1-11(19)3-4-15(21)13(11)5-7(23-9(17)8(13)16)12(2,20)14(15)6-22-10(14)18/h7-8,16,19-21H,3-6H2,1-2H3/t7-,8+,11+,12+,13-,14+,15-/m1/s1. The van der Waals surface area contributed by atoms with Crippen molar-refractivity contribution >= 4 is 11.9 Å². The zero-order valence-corrected chi connectivity index (χ0v) is 12.9. The number of rotatable bonds is 0. The third-order valence-corrected chi connectivity index (χ3v) is 7.09. The summed E-state index contributed by atoms with van der Waals surface area (Å²) in [7, 11) is 0. The highest BCUT2D eigenvalue weighted by Crippen LogP contribution is 2.73. The van der Waals surface area contributed by atoms with Gasteiger partial charge in [0.2, 0.25) is 0 Å². The number of aliphatic hydroxyl groups is 4. The van der Waals surface area contributed by atoms with Gasteiger partial charge in [0.1, 0.15) is 18.3 Å². The van der Waals surface area contributed by atoms with Gasteiger partial charge < -0.3 is 29.9 Å². The Morgan fingerprint density at radius 1 is 1.13 bits per heavy atom. The highest BCUT2D eigenvalue weighted by molar-refractivity contribution is 5.88. The molecule has 2 bridgehead atoms. The molecule has 4 aliphatic rings. The molecule has 23 heavy (non-hydrogen) atoms. The fourth-order valence-corrected chi connectivity index (χ4v) is 5.59. The van der Waals surface area contributed by atoms with Crippen molar-refractivity contribution in [1.82, 2.24) is 0 Å². The molecular weight excluding hydrogens is 308 g/mol. The zero-order valence-electron chi connectivity index (χ0n) is 12.9. The number of fused-ring (bicyclic) bond motifs is 2. The minimum Gasteiger partial charge on any atom is -0.464 e. The summed E-state index contributed by atoms with van der Waals surface area (Å²) in [6.07, 6.45) is -3.02. The second-order valence-corrected chi connectivity index (χ2v) is 7.77. The van der Waals surface area contributed by atoms with Crippen LogP contribution in [0.5, 0.6) is 0 Å². The molecular formula is C15H20O8. The van der Waals surface area contributed by atoms with Gasteiger partial charge in [-0.05, 0) is 26.7 Å². The van der Waals surface area contributed by atoms with Crippen molar-refractivity contribution in [3.05, 3.63) is 0 Å². The predicted octanol–water partition coefficient (Wildman–Crippen LogP) is -1.77. The molecule has 2 saturated heterocycles. The smallest absolute Gasteiger partial charge is 0.336 e. The molecule has 7 atom stereocenters. The average Bonchev–Trinajstić information content (AvgIpc) is 2.64. The van der Waals surface area contributed by atoms with Crippen molar-refractivity contribution in [2.75, 3.05) is 6.61 Å². The number of hydrogen-bond donors (Lipinski definition) is 4. The van der Waals surface area contributed by atoms with Crippen molar-refractivity contribution < 1.29 is 39.5 Å². The molecule has 8 nitrogen and oxygen atoms in total. The normalized spacial score (nSPS) is 60.8. The fraction of sp³-hybridized carbons (Fsp3) is 0.867. The lowest BCUT2D eigenvalue weighted by atomic mass is 9.41. The van der Waals surface area contributed by atoms with Crippen LogP contribution >= 0.6 is 0 Å². The first-order chi connectivity index (χ1) is 10.5. The van der Waals surface area contributed by atoms with Crippen LogP contribution in [0.2, 0.25) is 0 Å². The van der Waals surface area contributed by atoms with Crippen LogP contribution < -0.4 is 0 Å². The van der Waals surface area contributed by atoms with Gasteiger partial charge in [0.25, 0.3) is 0 Å². The van der Waals surface area contributed by atoms with Gasteiger partial charge in [-0.25, -0.2) is 4.79 Å². The first-order valence-corrected chi connectivity index (χ1v) is 7.71. The van der Waals surface area contributed by atoms with E-state index < -0.39 is 51.8 Å². The van der Waals surface area contributed by atoms with Crippen LogP contribution in [0.25, 0.3) is 0 Å². The maximum atomic E-state index is 12.4. The molecule has 2 saturated carbocycles. The Morgan fingerprint density at radius 2 is 1.78 bits per heavy atom. The van der Waals surface area contributed by atoms with Crippen molar-refractivity contribution in [2.24, 2.45) is 10.8 Å². The Hall–Kier alpha value is -1.22. The summed E-state index contributed by atoms with van der Waals surface area (Å²) in [6.45, 7) is 2.51. The highest BCUT2D eigenvalue weighted by Gasteiger charge is 2.89. The quantitative estimate of drug-likeness (QED) is 0.384.